The minimum Gasteiger partial charge on any atom is -0.482 e. The molecule has 2 heterocycles. The normalized spacial score (nSPS) is 17.6. The van der Waals surface area contributed by atoms with E-state index in [-0.39, 0.29) is 18.4 Å². The summed E-state index contributed by atoms with van der Waals surface area (Å²) < 4.78 is 6.05. The van der Waals surface area contributed by atoms with Crippen molar-refractivity contribution in [2.45, 2.75) is 20.4 Å². The minimum absolute atomic E-state index is 0.0187. The quantitative estimate of drug-likeness (QED) is 0.617. The van der Waals surface area contributed by atoms with Crippen molar-refractivity contribution in [2.24, 2.45) is 0 Å². The highest BCUT2D eigenvalue weighted by Gasteiger charge is 2.27. The standard InChI is InChI=1S/C21H18N2O3S2/c1-12-4-3-5-15(13(12)2)10-23-16-8-14(6-7-17(16)26-11-19(23)24)9-18-20(25)22-21(27)28-18/h3-9H,10-11H2,1-2H3,(H,22,25,27). The SMILES string of the molecule is Cc1cccc(CN2C(=O)COc3ccc(C=C4SC(=S)NC4=O)cc32)c1C. The molecule has 0 bridgehead atoms. The molecule has 4 rings (SSSR count). The number of hydrogen-bond acceptors (Lipinski definition) is 5. The van der Waals surface area contributed by atoms with Gasteiger partial charge in [-0.05, 0) is 54.3 Å². The monoisotopic (exact) mass is 410 g/mol. The summed E-state index contributed by atoms with van der Waals surface area (Å²) in [7, 11) is 0. The van der Waals surface area contributed by atoms with Crippen molar-refractivity contribution in [1.82, 2.24) is 5.32 Å². The number of benzene rings is 2. The average Bonchev–Trinajstić information content (AvgIpc) is 2.98. The highest BCUT2D eigenvalue weighted by Crippen LogP contribution is 2.36. The Hall–Kier alpha value is -2.64. The molecule has 28 heavy (non-hydrogen) atoms. The number of ether oxygens (including phenoxy) is 1. The van der Waals surface area contributed by atoms with Crippen LogP contribution in [-0.4, -0.2) is 22.7 Å². The Labute approximate surface area is 172 Å². The van der Waals surface area contributed by atoms with Crippen molar-refractivity contribution in [1.29, 1.82) is 0 Å². The Balaban J connectivity index is 1.70. The third-order valence-corrected chi connectivity index (χ3v) is 6.07. The van der Waals surface area contributed by atoms with Crippen molar-refractivity contribution in [3.05, 3.63) is 63.6 Å². The van der Waals surface area contributed by atoms with E-state index in [1.165, 1.54) is 22.9 Å². The van der Waals surface area contributed by atoms with Crippen LogP contribution in [0.4, 0.5) is 5.69 Å². The van der Waals surface area contributed by atoms with E-state index >= 15 is 0 Å². The van der Waals surface area contributed by atoms with Gasteiger partial charge < -0.3 is 15.0 Å². The summed E-state index contributed by atoms with van der Waals surface area (Å²) in [5, 5.41) is 2.61. The molecule has 0 saturated carbocycles. The highest BCUT2D eigenvalue weighted by atomic mass is 32.2. The number of fused-ring (bicyclic) bond motifs is 1. The molecule has 0 radical (unpaired) electrons. The van der Waals surface area contributed by atoms with Gasteiger partial charge in [0.15, 0.2) is 6.61 Å². The predicted molar refractivity (Wildman–Crippen MR) is 115 cm³/mol. The fraction of sp³-hybridized carbons (Fsp3) is 0.190. The number of thioether (sulfide) groups is 1. The highest BCUT2D eigenvalue weighted by molar-refractivity contribution is 8.26. The van der Waals surface area contributed by atoms with Gasteiger partial charge in [0.2, 0.25) is 0 Å². The van der Waals surface area contributed by atoms with Crippen molar-refractivity contribution >= 4 is 51.9 Å². The summed E-state index contributed by atoms with van der Waals surface area (Å²) in [6, 6.07) is 11.7. The summed E-state index contributed by atoms with van der Waals surface area (Å²) in [6.07, 6.45) is 1.77. The van der Waals surface area contributed by atoms with E-state index < -0.39 is 0 Å². The molecular weight excluding hydrogens is 392 g/mol. The zero-order valence-electron chi connectivity index (χ0n) is 15.4. The van der Waals surface area contributed by atoms with Gasteiger partial charge in [-0.2, -0.15) is 0 Å². The van der Waals surface area contributed by atoms with Crippen molar-refractivity contribution in [3.63, 3.8) is 0 Å². The van der Waals surface area contributed by atoms with Crippen molar-refractivity contribution in [3.8, 4) is 5.75 Å². The van der Waals surface area contributed by atoms with E-state index in [0.29, 0.717) is 27.2 Å². The second-order valence-electron chi connectivity index (χ2n) is 6.71. The molecule has 142 valence electrons. The van der Waals surface area contributed by atoms with E-state index in [1.807, 2.05) is 30.3 Å². The number of rotatable bonds is 3. The van der Waals surface area contributed by atoms with Crippen LogP contribution in [0, 0.1) is 13.8 Å². The summed E-state index contributed by atoms with van der Waals surface area (Å²) in [4.78, 5) is 26.8. The minimum atomic E-state index is -0.202. The lowest BCUT2D eigenvalue weighted by molar-refractivity contribution is -0.121. The van der Waals surface area contributed by atoms with E-state index in [1.54, 1.807) is 11.0 Å². The van der Waals surface area contributed by atoms with Gasteiger partial charge in [0.25, 0.3) is 11.8 Å². The third-order valence-electron chi connectivity index (χ3n) is 4.91. The second kappa shape index (κ2) is 7.41. The van der Waals surface area contributed by atoms with Crippen LogP contribution in [0.5, 0.6) is 5.75 Å². The number of aryl methyl sites for hydroxylation is 1. The number of nitrogens with zero attached hydrogens (tertiary/aromatic N) is 1. The lowest BCUT2D eigenvalue weighted by Gasteiger charge is -2.30. The lowest BCUT2D eigenvalue weighted by Crippen LogP contribution is -2.38. The first kappa shape index (κ1) is 18.7. The fourth-order valence-corrected chi connectivity index (χ4v) is 4.25. The number of carbonyl (C=O) groups is 2. The van der Waals surface area contributed by atoms with Crippen LogP contribution in [0.2, 0.25) is 0 Å². The van der Waals surface area contributed by atoms with Gasteiger partial charge in [-0.3, -0.25) is 9.59 Å². The third kappa shape index (κ3) is 3.55. The van der Waals surface area contributed by atoms with Crippen LogP contribution in [0.25, 0.3) is 6.08 Å². The first-order valence-electron chi connectivity index (χ1n) is 8.79. The molecule has 2 aliphatic rings. The van der Waals surface area contributed by atoms with Gasteiger partial charge in [0.1, 0.15) is 10.1 Å². The first-order valence-corrected chi connectivity index (χ1v) is 10.0. The number of carbonyl (C=O) groups excluding carboxylic acids is 2. The molecule has 2 amide bonds. The number of anilines is 1. The first-order chi connectivity index (χ1) is 13.4. The van der Waals surface area contributed by atoms with Crippen LogP contribution in [-0.2, 0) is 16.1 Å². The van der Waals surface area contributed by atoms with Crippen molar-refractivity contribution < 1.29 is 14.3 Å². The zero-order chi connectivity index (χ0) is 19.8. The van der Waals surface area contributed by atoms with E-state index in [0.717, 1.165) is 11.1 Å². The second-order valence-corrected chi connectivity index (χ2v) is 8.43. The number of amides is 2. The Morgan fingerprint density at radius 2 is 2.07 bits per heavy atom. The maximum atomic E-state index is 12.6. The average molecular weight is 411 g/mol. The topological polar surface area (TPSA) is 58.6 Å². The van der Waals surface area contributed by atoms with E-state index in [4.69, 9.17) is 17.0 Å². The Bertz CT molecular complexity index is 1050. The fourth-order valence-electron chi connectivity index (χ4n) is 3.21. The molecular formula is C21H18N2O3S2. The number of thiocarbonyl (C=S) groups is 1. The maximum absolute atomic E-state index is 12.6. The predicted octanol–water partition coefficient (Wildman–Crippen LogP) is 3.72. The van der Waals surface area contributed by atoms with Crippen LogP contribution in [0.3, 0.4) is 0 Å². The smallest absolute Gasteiger partial charge is 0.265 e. The molecule has 0 unspecified atom stereocenters. The van der Waals surface area contributed by atoms with Gasteiger partial charge in [-0.15, -0.1) is 0 Å². The molecule has 0 spiro atoms. The summed E-state index contributed by atoms with van der Waals surface area (Å²) >= 11 is 6.27. The van der Waals surface area contributed by atoms with Crippen LogP contribution in [0.1, 0.15) is 22.3 Å². The molecule has 0 atom stereocenters. The van der Waals surface area contributed by atoms with Crippen LogP contribution < -0.4 is 15.0 Å². The van der Waals surface area contributed by atoms with Gasteiger partial charge >= 0.3 is 0 Å². The van der Waals surface area contributed by atoms with Gasteiger partial charge in [-0.1, -0.05) is 48.2 Å². The molecule has 2 aromatic carbocycles. The molecule has 2 aliphatic heterocycles. The van der Waals surface area contributed by atoms with Crippen molar-refractivity contribution in [2.75, 3.05) is 11.5 Å². The zero-order valence-corrected chi connectivity index (χ0v) is 17.1. The van der Waals surface area contributed by atoms with Gasteiger partial charge in [0.05, 0.1) is 17.1 Å². The molecule has 1 fully saturated rings. The molecule has 1 saturated heterocycles. The van der Waals surface area contributed by atoms with Crippen LogP contribution in [0.15, 0.2) is 41.3 Å². The van der Waals surface area contributed by atoms with Crippen LogP contribution >= 0.6 is 24.0 Å². The molecule has 1 N–H and O–H groups in total. The maximum Gasteiger partial charge on any atom is 0.265 e. The van der Waals surface area contributed by atoms with Gasteiger partial charge in [0, 0.05) is 0 Å². The number of nitrogens with one attached hydrogen (secondary N) is 1. The summed E-state index contributed by atoms with van der Waals surface area (Å²) in [5.41, 5.74) is 4.98. The number of hydrogen-bond donors (Lipinski definition) is 1. The summed E-state index contributed by atoms with van der Waals surface area (Å²) in [6.45, 7) is 4.62. The van der Waals surface area contributed by atoms with E-state index in [9.17, 15) is 9.59 Å². The Morgan fingerprint density at radius 3 is 2.82 bits per heavy atom. The Morgan fingerprint density at radius 1 is 1.25 bits per heavy atom. The largest absolute Gasteiger partial charge is 0.482 e. The molecule has 0 aliphatic carbocycles. The summed E-state index contributed by atoms with van der Waals surface area (Å²) in [5.74, 6) is 0.366. The van der Waals surface area contributed by atoms with Gasteiger partial charge in [-0.25, -0.2) is 0 Å². The Kier molecular flexibility index (Phi) is 4.95. The molecule has 7 heteroatoms. The van der Waals surface area contributed by atoms with E-state index in [2.05, 4.69) is 25.2 Å². The molecule has 5 nitrogen and oxygen atoms in total. The lowest BCUT2D eigenvalue weighted by atomic mass is 10.0. The molecule has 0 aromatic heterocycles. The molecule has 2 aromatic rings.